The number of ether oxygens (including phenoxy) is 1. The van der Waals surface area contributed by atoms with E-state index in [1.165, 1.54) is 25.3 Å². The number of carbonyl (C=O) groups is 3. The molecular weight excluding hydrogens is 327 g/mol. The van der Waals surface area contributed by atoms with Crippen molar-refractivity contribution in [1.29, 1.82) is 0 Å². The van der Waals surface area contributed by atoms with E-state index in [1.807, 2.05) is 0 Å². The van der Waals surface area contributed by atoms with Crippen molar-refractivity contribution in [2.75, 3.05) is 12.0 Å². The number of barbiturate groups is 1. The van der Waals surface area contributed by atoms with Crippen molar-refractivity contribution in [3.63, 3.8) is 0 Å². The van der Waals surface area contributed by atoms with Gasteiger partial charge in [-0.3, -0.25) is 14.9 Å². The van der Waals surface area contributed by atoms with Crippen molar-refractivity contribution in [2.45, 2.75) is 0 Å². The van der Waals surface area contributed by atoms with Gasteiger partial charge in [0.15, 0.2) is 0 Å². The van der Waals surface area contributed by atoms with Gasteiger partial charge in [-0.2, -0.15) is 0 Å². The van der Waals surface area contributed by atoms with Crippen molar-refractivity contribution in [3.05, 3.63) is 65.5 Å². The predicted molar refractivity (Wildman–Crippen MR) is 88.4 cm³/mol. The molecule has 6 nitrogen and oxygen atoms in total. The lowest BCUT2D eigenvalue weighted by Crippen LogP contribution is -2.54. The molecule has 4 amide bonds. The van der Waals surface area contributed by atoms with E-state index in [2.05, 4.69) is 5.32 Å². The number of imide groups is 2. The number of amides is 4. The minimum absolute atomic E-state index is 0.160. The van der Waals surface area contributed by atoms with Gasteiger partial charge < -0.3 is 4.74 Å². The van der Waals surface area contributed by atoms with Gasteiger partial charge >= 0.3 is 6.03 Å². The fraction of sp³-hybridized carbons (Fsp3) is 0.0556. The Labute approximate surface area is 142 Å². The second kappa shape index (κ2) is 6.56. The smallest absolute Gasteiger partial charge is 0.335 e. The molecule has 7 heteroatoms. The molecule has 0 radical (unpaired) electrons. The summed E-state index contributed by atoms with van der Waals surface area (Å²) in [7, 11) is 1.50. The molecule has 0 unspecified atom stereocenters. The van der Waals surface area contributed by atoms with E-state index in [9.17, 15) is 18.8 Å². The van der Waals surface area contributed by atoms with E-state index in [1.54, 1.807) is 24.3 Å². The van der Waals surface area contributed by atoms with E-state index in [0.29, 0.717) is 11.3 Å². The van der Waals surface area contributed by atoms with Crippen LogP contribution in [0.1, 0.15) is 5.56 Å². The minimum Gasteiger partial charge on any atom is -0.497 e. The molecule has 2 aromatic rings. The van der Waals surface area contributed by atoms with Crippen LogP contribution in [0.3, 0.4) is 0 Å². The summed E-state index contributed by atoms with van der Waals surface area (Å²) in [5.74, 6) is -1.53. The zero-order chi connectivity index (χ0) is 18.0. The van der Waals surface area contributed by atoms with Gasteiger partial charge in [0.1, 0.15) is 17.1 Å². The van der Waals surface area contributed by atoms with Crippen LogP contribution in [-0.4, -0.2) is 25.0 Å². The quantitative estimate of drug-likeness (QED) is 0.688. The second-order valence-electron chi connectivity index (χ2n) is 5.21. The van der Waals surface area contributed by atoms with Crippen LogP contribution in [0.15, 0.2) is 54.1 Å². The maximum absolute atomic E-state index is 13.1. The van der Waals surface area contributed by atoms with Crippen LogP contribution in [0.4, 0.5) is 14.9 Å². The topological polar surface area (TPSA) is 75.7 Å². The number of anilines is 1. The number of nitrogens with one attached hydrogen (secondary N) is 1. The Kier molecular flexibility index (Phi) is 4.30. The van der Waals surface area contributed by atoms with Gasteiger partial charge in [-0.15, -0.1) is 0 Å². The maximum Gasteiger partial charge on any atom is 0.335 e. The molecule has 1 aliphatic heterocycles. The van der Waals surface area contributed by atoms with Gasteiger partial charge in [-0.25, -0.2) is 14.1 Å². The number of benzene rings is 2. The van der Waals surface area contributed by atoms with E-state index >= 15 is 0 Å². The third-order valence-corrected chi connectivity index (χ3v) is 3.59. The summed E-state index contributed by atoms with van der Waals surface area (Å²) in [5, 5.41) is 2.11. The summed E-state index contributed by atoms with van der Waals surface area (Å²) in [5.41, 5.74) is 0.511. The predicted octanol–water partition coefficient (Wildman–Crippen LogP) is 2.50. The first-order valence-corrected chi connectivity index (χ1v) is 7.30. The Morgan fingerprint density at radius 2 is 1.80 bits per heavy atom. The Hall–Kier alpha value is -3.48. The standard InChI is InChI=1S/C18H13FN2O4/c1-25-14-4-2-3-11(9-14)10-15-16(22)20-18(24)21(17(15)23)13-7-5-12(19)6-8-13/h2-10H,1H3,(H,20,22,24)/b15-10+. The largest absolute Gasteiger partial charge is 0.497 e. The number of hydrogen-bond acceptors (Lipinski definition) is 4. The molecule has 0 aliphatic carbocycles. The zero-order valence-electron chi connectivity index (χ0n) is 13.2. The molecule has 2 aromatic carbocycles. The molecule has 1 saturated heterocycles. The van der Waals surface area contributed by atoms with E-state index < -0.39 is 23.7 Å². The third-order valence-electron chi connectivity index (χ3n) is 3.59. The van der Waals surface area contributed by atoms with Crippen molar-refractivity contribution < 1.29 is 23.5 Å². The molecule has 1 aliphatic rings. The van der Waals surface area contributed by atoms with Gasteiger partial charge in [0, 0.05) is 0 Å². The van der Waals surface area contributed by atoms with Gasteiger partial charge in [-0.1, -0.05) is 12.1 Å². The Bertz CT molecular complexity index is 890. The van der Waals surface area contributed by atoms with Crippen molar-refractivity contribution in [1.82, 2.24) is 5.32 Å². The van der Waals surface area contributed by atoms with Crippen LogP contribution >= 0.6 is 0 Å². The van der Waals surface area contributed by atoms with E-state index in [0.717, 1.165) is 17.0 Å². The maximum atomic E-state index is 13.1. The molecule has 25 heavy (non-hydrogen) atoms. The number of carbonyl (C=O) groups excluding carboxylic acids is 3. The highest BCUT2D eigenvalue weighted by Gasteiger charge is 2.36. The number of nitrogens with zero attached hydrogens (tertiary/aromatic N) is 1. The lowest BCUT2D eigenvalue weighted by atomic mass is 10.1. The lowest BCUT2D eigenvalue weighted by Gasteiger charge is -2.26. The fourth-order valence-corrected chi connectivity index (χ4v) is 2.38. The Balaban J connectivity index is 2.00. The first-order valence-electron chi connectivity index (χ1n) is 7.30. The highest BCUT2D eigenvalue weighted by molar-refractivity contribution is 6.39. The molecule has 0 aromatic heterocycles. The summed E-state index contributed by atoms with van der Waals surface area (Å²) in [6, 6.07) is 10.7. The van der Waals surface area contributed by atoms with Crippen LogP contribution < -0.4 is 15.0 Å². The first-order chi connectivity index (χ1) is 12.0. The molecule has 0 spiro atoms. The fourth-order valence-electron chi connectivity index (χ4n) is 2.38. The van der Waals surface area contributed by atoms with Crippen molar-refractivity contribution in [3.8, 4) is 5.75 Å². The van der Waals surface area contributed by atoms with Crippen molar-refractivity contribution >= 4 is 29.6 Å². The summed E-state index contributed by atoms with van der Waals surface area (Å²) < 4.78 is 18.2. The van der Waals surface area contributed by atoms with E-state index in [4.69, 9.17) is 4.74 Å². The molecule has 0 saturated carbocycles. The van der Waals surface area contributed by atoms with Gasteiger partial charge in [0.05, 0.1) is 12.8 Å². The van der Waals surface area contributed by atoms with Crippen LogP contribution in [0.5, 0.6) is 5.75 Å². The summed E-state index contributed by atoms with van der Waals surface area (Å²) >= 11 is 0. The van der Waals surface area contributed by atoms with E-state index in [-0.39, 0.29) is 11.3 Å². The first kappa shape index (κ1) is 16.4. The van der Waals surface area contributed by atoms with Gasteiger partial charge in [0.25, 0.3) is 11.8 Å². The lowest BCUT2D eigenvalue weighted by molar-refractivity contribution is -0.122. The highest BCUT2D eigenvalue weighted by Crippen LogP contribution is 2.23. The minimum atomic E-state index is -0.885. The van der Waals surface area contributed by atoms with Crippen LogP contribution in [-0.2, 0) is 9.59 Å². The van der Waals surface area contributed by atoms with Crippen LogP contribution in [0.2, 0.25) is 0 Å². The van der Waals surface area contributed by atoms with Crippen LogP contribution in [0, 0.1) is 5.82 Å². The zero-order valence-corrected chi connectivity index (χ0v) is 13.2. The molecule has 1 fully saturated rings. The average Bonchev–Trinajstić information content (AvgIpc) is 2.60. The second-order valence-corrected chi connectivity index (χ2v) is 5.21. The Morgan fingerprint density at radius 1 is 1.08 bits per heavy atom. The normalized spacial score (nSPS) is 16.2. The number of rotatable bonds is 3. The summed E-state index contributed by atoms with van der Waals surface area (Å²) in [6.45, 7) is 0. The number of urea groups is 1. The highest BCUT2D eigenvalue weighted by atomic mass is 19.1. The van der Waals surface area contributed by atoms with Crippen molar-refractivity contribution in [2.24, 2.45) is 0 Å². The molecule has 126 valence electrons. The Morgan fingerprint density at radius 3 is 2.48 bits per heavy atom. The molecule has 1 N–H and O–H groups in total. The molecule has 0 atom stereocenters. The molecule has 3 rings (SSSR count). The van der Waals surface area contributed by atoms with Gasteiger partial charge in [-0.05, 0) is 48.0 Å². The third kappa shape index (κ3) is 3.25. The SMILES string of the molecule is COc1cccc(/C=C2\C(=O)NC(=O)N(c3ccc(F)cc3)C2=O)c1. The molecule has 0 bridgehead atoms. The monoisotopic (exact) mass is 340 g/mol. The van der Waals surface area contributed by atoms with Gasteiger partial charge in [0.2, 0.25) is 0 Å². The average molecular weight is 340 g/mol. The number of hydrogen-bond donors (Lipinski definition) is 1. The summed E-state index contributed by atoms with van der Waals surface area (Å²) in [6.07, 6.45) is 1.36. The number of methoxy groups -OCH3 is 1. The van der Waals surface area contributed by atoms with Crippen LogP contribution in [0.25, 0.3) is 6.08 Å². The molecular formula is C18H13FN2O4. The number of halogens is 1. The molecule has 1 heterocycles. The summed E-state index contributed by atoms with van der Waals surface area (Å²) in [4.78, 5) is 37.5.